The molecule has 3 aromatic heterocycles. The fraction of sp³-hybridized carbons (Fsp3) is 0.0488. The molecule has 6 aromatic carbocycles. The molecule has 0 aliphatic rings. The Bertz CT molecular complexity index is 2720. The monoisotopic (exact) mass is 608 g/mol. The van der Waals surface area contributed by atoms with Crippen LogP contribution in [0.15, 0.2) is 143 Å². The number of benzene rings is 6. The van der Waals surface area contributed by atoms with Gasteiger partial charge < -0.3 is 4.42 Å². The minimum Gasteiger partial charge on any atom is -0.456 e. The second-order valence-corrected chi connectivity index (χ2v) is 12.0. The van der Waals surface area contributed by atoms with Crippen molar-refractivity contribution in [1.82, 2.24) is 19.1 Å². The summed E-state index contributed by atoms with van der Waals surface area (Å²) in [6.07, 6.45) is 0. The van der Waals surface area contributed by atoms with Crippen molar-refractivity contribution in [3.63, 3.8) is 0 Å². The Kier molecular flexibility index (Phi) is 5.99. The van der Waals surface area contributed by atoms with Gasteiger partial charge in [0.15, 0.2) is 5.82 Å². The zero-order valence-corrected chi connectivity index (χ0v) is 25.8. The van der Waals surface area contributed by atoms with E-state index in [1.165, 1.54) is 10.8 Å². The highest BCUT2D eigenvalue weighted by atomic mass is 16.3. The molecule has 0 bridgehead atoms. The maximum atomic E-state index is 12.5. The Morgan fingerprint density at radius 2 is 1.17 bits per heavy atom. The van der Waals surface area contributed by atoms with E-state index in [4.69, 9.17) is 14.4 Å². The minimum absolute atomic E-state index is 0.0326. The highest BCUT2D eigenvalue weighted by molar-refractivity contribution is 6.19. The average molecular weight is 609 g/mol. The molecule has 0 N–H and O–H groups in total. The molecule has 0 atom stereocenters. The smallest absolute Gasteiger partial charge is 0.328 e. The molecule has 0 unspecified atom stereocenters. The topological polar surface area (TPSA) is 65.8 Å². The molecule has 6 nitrogen and oxygen atoms in total. The summed E-state index contributed by atoms with van der Waals surface area (Å²) in [6, 6.07) is 45.6. The maximum absolute atomic E-state index is 12.5. The van der Waals surface area contributed by atoms with Crippen molar-refractivity contribution in [2.75, 3.05) is 0 Å². The van der Waals surface area contributed by atoms with Gasteiger partial charge in [-0.15, -0.1) is 0 Å². The van der Waals surface area contributed by atoms with Crippen molar-refractivity contribution < 1.29 is 4.42 Å². The SMILES string of the molecule is Cn1c(=O)n(C)c2cc(-c3ccc(-c4cc(-c5ccc6oc7ccc8ccccc8c7c6c5)nc(-c5ccccc5)n4)cc3)ccc21. The molecule has 9 aromatic rings. The minimum atomic E-state index is -0.0326. The van der Waals surface area contributed by atoms with E-state index in [9.17, 15) is 4.79 Å². The highest BCUT2D eigenvalue weighted by Gasteiger charge is 2.15. The highest BCUT2D eigenvalue weighted by Crippen LogP contribution is 2.37. The summed E-state index contributed by atoms with van der Waals surface area (Å²) >= 11 is 0. The van der Waals surface area contributed by atoms with E-state index in [1.54, 1.807) is 16.2 Å². The maximum Gasteiger partial charge on any atom is 0.328 e. The van der Waals surface area contributed by atoms with Crippen molar-refractivity contribution in [1.29, 1.82) is 0 Å². The first-order chi connectivity index (χ1) is 23.0. The molecule has 47 heavy (non-hydrogen) atoms. The van der Waals surface area contributed by atoms with Gasteiger partial charge in [0.1, 0.15) is 11.2 Å². The first-order valence-corrected chi connectivity index (χ1v) is 15.6. The van der Waals surface area contributed by atoms with E-state index in [0.29, 0.717) is 5.82 Å². The third kappa shape index (κ3) is 4.37. The predicted octanol–water partition coefficient (Wildman–Crippen LogP) is 9.39. The van der Waals surface area contributed by atoms with Gasteiger partial charge in [0.25, 0.3) is 0 Å². The zero-order chi connectivity index (χ0) is 31.6. The lowest BCUT2D eigenvalue weighted by Crippen LogP contribution is -2.19. The number of hydrogen-bond donors (Lipinski definition) is 0. The van der Waals surface area contributed by atoms with Crippen molar-refractivity contribution in [2.45, 2.75) is 0 Å². The van der Waals surface area contributed by atoms with Gasteiger partial charge in [-0.05, 0) is 64.4 Å². The van der Waals surface area contributed by atoms with Gasteiger partial charge in [-0.25, -0.2) is 14.8 Å². The molecular weight excluding hydrogens is 580 g/mol. The third-order valence-corrected chi connectivity index (χ3v) is 9.20. The van der Waals surface area contributed by atoms with Gasteiger partial charge in [-0.2, -0.15) is 0 Å². The van der Waals surface area contributed by atoms with Crippen LogP contribution in [0.5, 0.6) is 0 Å². The van der Waals surface area contributed by atoms with Gasteiger partial charge in [0, 0.05) is 41.6 Å². The lowest BCUT2D eigenvalue weighted by atomic mass is 10.00. The van der Waals surface area contributed by atoms with Crippen molar-refractivity contribution in [3.8, 4) is 45.0 Å². The van der Waals surface area contributed by atoms with Gasteiger partial charge in [0.05, 0.1) is 22.4 Å². The fourth-order valence-electron chi connectivity index (χ4n) is 6.69. The van der Waals surface area contributed by atoms with Crippen LogP contribution < -0.4 is 5.69 Å². The number of rotatable bonds is 4. The van der Waals surface area contributed by atoms with Gasteiger partial charge in [-0.1, -0.05) is 91.0 Å². The van der Waals surface area contributed by atoms with Crippen molar-refractivity contribution in [2.24, 2.45) is 14.1 Å². The van der Waals surface area contributed by atoms with Gasteiger partial charge in [0.2, 0.25) is 0 Å². The van der Waals surface area contributed by atoms with Crippen LogP contribution in [0.1, 0.15) is 0 Å². The largest absolute Gasteiger partial charge is 0.456 e. The molecule has 9 rings (SSSR count). The Morgan fingerprint density at radius 3 is 2.00 bits per heavy atom. The standard InChI is InChI=1S/C41H28N4O2/c1-44-35-19-16-29(23-36(35)45(2)41(44)46)25-12-14-27(15-13-25)33-24-34(43-40(42-33)28-9-4-3-5-10-28)30-18-20-37-32(22-30)39-31-11-7-6-8-26(31)17-21-38(39)47-37/h3-24H,1-2H3. The summed E-state index contributed by atoms with van der Waals surface area (Å²) in [4.78, 5) is 22.6. The summed E-state index contributed by atoms with van der Waals surface area (Å²) in [7, 11) is 3.61. The molecular formula is C41H28N4O2. The Labute approximate surface area is 269 Å². The summed E-state index contributed by atoms with van der Waals surface area (Å²) in [5.41, 5.74) is 10.2. The lowest BCUT2D eigenvalue weighted by Gasteiger charge is -2.10. The van der Waals surface area contributed by atoms with Gasteiger partial charge >= 0.3 is 5.69 Å². The molecule has 0 aliphatic heterocycles. The molecule has 0 aliphatic carbocycles. The quantitative estimate of drug-likeness (QED) is 0.200. The number of imidazole rings is 1. The Balaban J connectivity index is 1.17. The van der Waals surface area contributed by atoms with Crippen LogP contribution in [0, 0.1) is 0 Å². The molecule has 6 heteroatoms. The zero-order valence-electron chi connectivity index (χ0n) is 25.8. The summed E-state index contributed by atoms with van der Waals surface area (Å²) in [5.74, 6) is 0.667. The van der Waals surface area contributed by atoms with E-state index < -0.39 is 0 Å². The summed E-state index contributed by atoms with van der Waals surface area (Å²) in [5, 5.41) is 4.53. The second-order valence-electron chi connectivity index (χ2n) is 12.0. The van der Waals surface area contributed by atoms with E-state index in [-0.39, 0.29) is 5.69 Å². The van der Waals surface area contributed by atoms with Crippen LogP contribution >= 0.6 is 0 Å². The molecule has 0 fully saturated rings. The first-order valence-electron chi connectivity index (χ1n) is 15.6. The van der Waals surface area contributed by atoms with Crippen molar-refractivity contribution in [3.05, 3.63) is 144 Å². The number of hydrogen-bond acceptors (Lipinski definition) is 4. The number of furan rings is 1. The summed E-state index contributed by atoms with van der Waals surface area (Å²) in [6.45, 7) is 0. The molecule has 0 saturated carbocycles. The number of aromatic nitrogens is 4. The average Bonchev–Trinajstić information content (AvgIpc) is 3.62. The van der Waals surface area contributed by atoms with Crippen LogP contribution in [-0.2, 0) is 14.1 Å². The van der Waals surface area contributed by atoms with Crippen LogP contribution in [0.25, 0.3) is 88.8 Å². The van der Waals surface area contributed by atoms with Gasteiger partial charge in [-0.3, -0.25) is 9.13 Å². The molecule has 0 radical (unpaired) electrons. The summed E-state index contributed by atoms with van der Waals surface area (Å²) < 4.78 is 9.63. The third-order valence-electron chi connectivity index (χ3n) is 9.20. The number of fused-ring (bicyclic) bond motifs is 6. The van der Waals surface area contributed by atoms with E-state index in [1.807, 2.05) is 49.5 Å². The predicted molar refractivity (Wildman–Crippen MR) is 190 cm³/mol. The van der Waals surface area contributed by atoms with Crippen molar-refractivity contribution >= 4 is 43.7 Å². The number of nitrogens with zero attached hydrogens (tertiary/aromatic N) is 4. The fourth-order valence-corrected chi connectivity index (χ4v) is 6.69. The Morgan fingerprint density at radius 1 is 0.511 bits per heavy atom. The van der Waals surface area contributed by atoms with E-state index in [2.05, 4.69) is 91.0 Å². The van der Waals surface area contributed by atoms with Crippen LogP contribution in [0.4, 0.5) is 0 Å². The van der Waals surface area contributed by atoms with E-state index >= 15 is 0 Å². The first kappa shape index (κ1) is 27.1. The molecule has 0 amide bonds. The van der Waals surface area contributed by atoms with Crippen LogP contribution in [-0.4, -0.2) is 19.1 Å². The molecule has 224 valence electrons. The van der Waals surface area contributed by atoms with E-state index in [0.717, 1.165) is 72.2 Å². The lowest BCUT2D eigenvalue weighted by molar-refractivity contribution is 0.669. The number of aryl methyl sites for hydroxylation is 2. The van der Waals surface area contributed by atoms with Crippen LogP contribution in [0.2, 0.25) is 0 Å². The second kappa shape index (κ2) is 10.4. The molecule has 0 saturated heterocycles. The van der Waals surface area contributed by atoms with Crippen LogP contribution in [0.3, 0.4) is 0 Å². The Hall–Kier alpha value is -6.27. The molecule has 0 spiro atoms. The normalized spacial score (nSPS) is 11.7. The molecule has 3 heterocycles.